The van der Waals surface area contributed by atoms with Gasteiger partial charge >= 0.3 is 0 Å². The van der Waals surface area contributed by atoms with Crippen LogP contribution in [-0.2, 0) is 0 Å². The third kappa shape index (κ3) is 2.90. The first-order valence-electron chi connectivity index (χ1n) is 5.71. The molecular weight excluding hydrogens is 240 g/mol. The van der Waals surface area contributed by atoms with Gasteiger partial charge in [0, 0.05) is 11.3 Å². The largest absolute Gasteiger partial charge is 0.508 e. The fourth-order valence-corrected chi connectivity index (χ4v) is 1.77. The van der Waals surface area contributed by atoms with Crippen molar-refractivity contribution in [2.75, 3.05) is 5.32 Å². The molecule has 2 N–H and O–H groups in total. The molecule has 94 valence electrons. The molecule has 0 aliphatic carbocycles. The zero-order valence-electron chi connectivity index (χ0n) is 10.3. The number of anilines is 1. The van der Waals surface area contributed by atoms with Crippen molar-refractivity contribution < 1.29 is 9.90 Å². The van der Waals surface area contributed by atoms with Crippen LogP contribution in [-0.4, -0.2) is 11.0 Å². The highest BCUT2D eigenvalue weighted by molar-refractivity contribution is 6.05. The Kier molecular flexibility index (Phi) is 3.48. The Balaban J connectivity index is 2.23. The summed E-state index contributed by atoms with van der Waals surface area (Å²) in [7, 11) is 0. The molecule has 0 radical (unpaired) electrons. The Morgan fingerprint density at radius 3 is 2.74 bits per heavy atom. The minimum absolute atomic E-state index is 0.125. The lowest BCUT2D eigenvalue weighted by Gasteiger charge is -2.08. The van der Waals surface area contributed by atoms with Crippen molar-refractivity contribution in [1.29, 1.82) is 5.26 Å². The number of carbonyl (C=O) groups excluding carboxylic acids is 1. The standard InChI is InChI=1S/C15H12N2O2/c1-10-7-13(18)5-6-14(10)15(19)17-12-4-2-3-11(8-12)9-16/h2-8,18H,1H3,(H,17,19). The van der Waals surface area contributed by atoms with Gasteiger partial charge in [0.05, 0.1) is 11.6 Å². The number of benzene rings is 2. The number of hydrogen-bond acceptors (Lipinski definition) is 3. The Labute approximate surface area is 110 Å². The molecular formula is C15H12N2O2. The lowest BCUT2D eigenvalue weighted by atomic mass is 10.1. The minimum atomic E-state index is -0.271. The van der Waals surface area contributed by atoms with Crippen molar-refractivity contribution in [2.45, 2.75) is 6.92 Å². The summed E-state index contributed by atoms with van der Waals surface area (Å²) < 4.78 is 0. The van der Waals surface area contributed by atoms with Crippen LogP contribution in [0.5, 0.6) is 5.75 Å². The first-order chi connectivity index (χ1) is 9.10. The molecule has 1 amide bonds. The summed E-state index contributed by atoms with van der Waals surface area (Å²) in [6, 6.07) is 13.3. The number of aryl methyl sites for hydroxylation is 1. The molecule has 2 aromatic carbocycles. The van der Waals surface area contributed by atoms with E-state index in [0.717, 1.165) is 0 Å². The maximum Gasteiger partial charge on any atom is 0.255 e. The summed E-state index contributed by atoms with van der Waals surface area (Å²) in [4.78, 5) is 12.1. The van der Waals surface area contributed by atoms with Crippen LogP contribution >= 0.6 is 0 Å². The molecule has 0 saturated heterocycles. The van der Waals surface area contributed by atoms with Gasteiger partial charge in [-0.2, -0.15) is 5.26 Å². The Bertz CT molecular complexity index is 672. The number of aromatic hydroxyl groups is 1. The summed E-state index contributed by atoms with van der Waals surface area (Å²) in [6.45, 7) is 1.75. The van der Waals surface area contributed by atoms with Crippen LogP contribution in [0.4, 0.5) is 5.69 Å². The SMILES string of the molecule is Cc1cc(O)ccc1C(=O)Nc1cccc(C#N)c1. The summed E-state index contributed by atoms with van der Waals surface area (Å²) in [6.07, 6.45) is 0. The number of amides is 1. The summed E-state index contributed by atoms with van der Waals surface area (Å²) in [5.41, 5.74) is 2.23. The van der Waals surface area contributed by atoms with Gasteiger partial charge in [0.2, 0.25) is 0 Å². The number of rotatable bonds is 2. The lowest BCUT2D eigenvalue weighted by molar-refractivity contribution is 0.102. The average Bonchev–Trinajstić information content (AvgIpc) is 2.38. The third-order valence-corrected chi connectivity index (χ3v) is 2.70. The van der Waals surface area contributed by atoms with Gasteiger partial charge in [0.1, 0.15) is 5.75 Å². The second-order valence-corrected chi connectivity index (χ2v) is 4.15. The first kappa shape index (κ1) is 12.7. The van der Waals surface area contributed by atoms with Crippen molar-refractivity contribution in [3.8, 4) is 11.8 Å². The third-order valence-electron chi connectivity index (χ3n) is 2.70. The van der Waals surface area contributed by atoms with E-state index in [2.05, 4.69) is 5.32 Å². The molecule has 0 aliphatic heterocycles. The van der Waals surface area contributed by atoms with Gasteiger partial charge in [-0.1, -0.05) is 6.07 Å². The van der Waals surface area contributed by atoms with E-state index >= 15 is 0 Å². The van der Waals surface area contributed by atoms with Crippen LogP contribution in [0.1, 0.15) is 21.5 Å². The van der Waals surface area contributed by atoms with Crippen molar-refractivity contribution >= 4 is 11.6 Å². The van der Waals surface area contributed by atoms with E-state index in [9.17, 15) is 9.90 Å². The first-order valence-corrected chi connectivity index (χ1v) is 5.71. The maximum atomic E-state index is 12.1. The van der Waals surface area contributed by atoms with E-state index < -0.39 is 0 Å². The van der Waals surface area contributed by atoms with Crippen molar-refractivity contribution in [3.05, 3.63) is 59.2 Å². The van der Waals surface area contributed by atoms with E-state index in [1.807, 2.05) is 6.07 Å². The van der Waals surface area contributed by atoms with E-state index in [1.54, 1.807) is 37.3 Å². The topological polar surface area (TPSA) is 73.1 Å². The van der Waals surface area contributed by atoms with Crippen LogP contribution in [0.3, 0.4) is 0 Å². The van der Waals surface area contributed by atoms with Crippen LogP contribution in [0, 0.1) is 18.3 Å². The Morgan fingerprint density at radius 2 is 2.05 bits per heavy atom. The van der Waals surface area contributed by atoms with Crippen LogP contribution in [0.25, 0.3) is 0 Å². The number of nitrogens with one attached hydrogen (secondary N) is 1. The Morgan fingerprint density at radius 1 is 1.26 bits per heavy atom. The molecule has 4 nitrogen and oxygen atoms in total. The second-order valence-electron chi connectivity index (χ2n) is 4.15. The smallest absolute Gasteiger partial charge is 0.255 e. The molecule has 2 rings (SSSR count). The molecule has 0 unspecified atom stereocenters. The van der Waals surface area contributed by atoms with Crippen LogP contribution in [0.15, 0.2) is 42.5 Å². The molecule has 0 aromatic heterocycles. The number of nitrogens with zero attached hydrogens (tertiary/aromatic N) is 1. The molecule has 19 heavy (non-hydrogen) atoms. The van der Waals surface area contributed by atoms with Crippen LogP contribution in [0.2, 0.25) is 0 Å². The monoisotopic (exact) mass is 252 g/mol. The highest BCUT2D eigenvalue weighted by Crippen LogP contribution is 2.17. The summed E-state index contributed by atoms with van der Waals surface area (Å²) in [5.74, 6) is -0.145. The number of phenols is 1. The predicted molar refractivity (Wildman–Crippen MR) is 72.0 cm³/mol. The predicted octanol–water partition coefficient (Wildman–Crippen LogP) is 2.82. The molecule has 0 saturated carbocycles. The minimum Gasteiger partial charge on any atom is -0.508 e. The van der Waals surface area contributed by atoms with E-state index in [-0.39, 0.29) is 11.7 Å². The summed E-state index contributed by atoms with van der Waals surface area (Å²) in [5, 5.41) is 20.8. The van der Waals surface area contributed by atoms with Crippen LogP contribution < -0.4 is 5.32 Å². The average molecular weight is 252 g/mol. The summed E-state index contributed by atoms with van der Waals surface area (Å²) >= 11 is 0. The van der Waals surface area contributed by atoms with Gasteiger partial charge in [-0.05, 0) is 48.9 Å². The molecule has 0 heterocycles. The Hall–Kier alpha value is -2.80. The molecule has 0 spiro atoms. The quantitative estimate of drug-likeness (QED) is 0.863. The zero-order valence-corrected chi connectivity index (χ0v) is 10.3. The molecule has 2 aromatic rings. The fourth-order valence-electron chi connectivity index (χ4n) is 1.77. The van der Waals surface area contributed by atoms with Crippen molar-refractivity contribution in [2.24, 2.45) is 0 Å². The van der Waals surface area contributed by atoms with Gasteiger partial charge in [0.15, 0.2) is 0 Å². The lowest BCUT2D eigenvalue weighted by Crippen LogP contribution is -2.13. The van der Waals surface area contributed by atoms with E-state index in [1.165, 1.54) is 12.1 Å². The number of carbonyl (C=O) groups is 1. The molecule has 4 heteroatoms. The van der Waals surface area contributed by atoms with Crippen molar-refractivity contribution in [1.82, 2.24) is 0 Å². The van der Waals surface area contributed by atoms with Gasteiger partial charge in [-0.25, -0.2) is 0 Å². The number of hydrogen-bond donors (Lipinski definition) is 2. The fraction of sp³-hybridized carbons (Fsp3) is 0.0667. The maximum absolute atomic E-state index is 12.1. The van der Waals surface area contributed by atoms with Gasteiger partial charge in [-0.15, -0.1) is 0 Å². The van der Waals surface area contributed by atoms with Gasteiger partial charge in [-0.3, -0.25) is 4.79 Å². The van der Waals surface area contributed by atoms with Crippen molar-refractivity contribution in [3.63, 3.8) is 0 Å². The van der Waals surface area contributed by atoms with E-state index in [4.69, 9.17) is 5.26 Å². The molecule has 0 fully saturated rings. The molecule has 0 atom stereocenters. The van der Waals surface area contributed by atoms with E-state index in [0.29, 0.717) is 22.4 Å². The van der Waals surface area contributed by atoms with Gasteiger partial charge in [0.25, 0.3) is 5.91 Å². The van der Waals surface area contributed by atoms with Gasteiger partial charge < -0.3 is 10.4 Å². The highest BCUT2D eigenvalue weighted by atomic mass is 16.3. The normalized spacial score (nSPS) is 9.68. The number of nitriles is 1. The molecule has 0 bridgehead atoms. The molecule has 0 aliphatic rings. The second kappa shape index (κ2) is 5.23. The number of phenolic OH excluding ortho intramolecular Hbond substituents is 1. The highest BCUT2D eigenvalue weighted by Gasteiger charge is 2.09. The zero-order chi connectivity index (χ0) is 13.8.